The Bertz CT molecular complexity index is 711. The van der Waals surface area contributed by atoms with Crippen LogP contribution in [0.4, 0.5) is 5.69 Å². The molecule has 0 spiro atoms. The maximum atomic E-state index is 11.9. The summed E-state index contributed by atoms with van der Waals surface area (Å²) in [5.74, 6) is -0.202. The van der Waals surface area contributed by atoms with Crippen LogP contribution >= 0.6 is 0 Å². The fraction of sp³-hybridized carbons (Fsp3) is 0.176. The van der Waals surface area contributed by atoms with Crippen molar-refractivity contribution in [1.29, 1.82) is 0 Å². The van der Waals surface area contributed by atoms with Gasteiger partial charge in [0, 0.05) is 11.3 Å². The van der Waals surface area contributed by atoms with Crippen LogP contribution in [0.2, 0.25) is 0 Å². The van der Waals surface area contributed by atoms with Crippen LogP contribution in [0.1, 0.15) is 21.5 Å². The molecule has 2 amide bonds. The Hall–Kier alpha value is -2.82. The zero-order valence-corrected chi connectivity index (χ0v) is 12.6. The number of rotatable bonds is 5. The van der Waals surface area contributed by atoms with E-state index in [9.17, 15) is 9.59 Å². The highest BCUT2D eigenvalue weighted by Gasteiger charge is 2.06. The molecule has 0 aliphatic heterocycles. The fourth-order valence-electron chi connectivity index (χ4n) is 1.90. The molecule has 0 saturated heterocycles. The highest BCUT2D eigenvalue weighted by molar-refractivity contribution is 5.96. The van der Waals surface area contributed by atoms with Gasteiger partial charge in [-0.25, -0.2) is 0 Å². The van der Waals surface area contributed by atoms with Crippen LogP contribution < -0.4 is 15.8 Å². The van der Waals surface area contributed by atoms with Crippen molar-refractivity contribution in [3.8, 4) is 5.75 Å². The van der Waals surface area contributed by atoms with Gasteiger partial charge in [-0.15, -0.1) is 0 Å². The average Bonchev–Trinajstić information content (AvgIpc) is 2.49. The minimum atomic E-state index is -0.539. The van der Waals surface area contributed by atoms with E-state index in [1.54, 1.807) is 18.2 Å². The summed E-state index contributed by atoms with van der Waals surface area (Å²) in [5, 5.41) is 2.66. The standard InChI is InChI=1S/C17H18N2O3/c1-11-6-7-15(8-12(11)2)22-10-16(20)19-14-5-3-4-13(9-14)17(18)21/h3-9H,10H2,1-2H3,(H2,18,21)(H,19,20). The number of hydrogen-bond donors (Lipinski definition) is 2. The van der Waals surface area contributed by atoms with Crippen LogP contribution in [0.25, 0.3) is 0 Å². The SMILES string of the molecule is Cc1ccc(OCC(=O)Nc2cccc(C(N)=O)c2)cc1C. The van der Waals surface area contributed by atoms with Gasteiger partial charge in [-0.05, 0) is 55.3 Å². The molecule has 5 heteroatoms. The van der Waals surface area contributed by atoms with E-state index in [-0.39, 0.29) is 12.5 Å². The summed E-state index contributed by atoms with van der Waals surface area (Å²) in [6, 6.07) is 12.1. The largest absolute Gasteiger partial charge is 0.484 e. The number of amides is 2. The number of ether oxygens (including phenoxy) is 1. The lowest BCUT2D eigenvalue weighted by molar-refractivity contribution is -0.118. The van der Waals surface area contributed by atoms with Gasteiger partial charge in [0.2, 0.25) is 5.91 Å². The maximum absolute atomic E-state index is 11.9. The average molecular weight is 298 g/mol. The third kappa shape index (κ3) is 4.09. The van der Waals surface area contributed by atoms with E-state index in [2.05, 4.69) is 5.32 Å². The first-order valence-corrected chi connectivity index (χ1v) is 6.85. The molecule has 114 valence electrons. The Morgan fingerprint density at radius 2 is 1.86 bits per heavy atom. The van der Waals surface area contributed by atoms with E-state index in [0.29, 0.717) is 17.0 Å². The summed E-state index contributed by atoms with van der Waals surface area (Å²) in [4.78, 5) is 23.0. The fourth-order valence-corrected chi connectivity index (χ4v) is 1.90. The topological polar surface area (TPSA) is 81.4 Å². The summed E-state index contributed by atoms with van der Waals surface area (Å²) >= 11 is 0. The monoisotopic (exact) mass is 298 g/mol. The minimum absolute atomic E-state index is 0.108. The molecular weight excluding hydrogens is 280 g/mol. The van der Waals surface area contributed by atoms with Gasteiger partial charge < -0.3 is 15.8 Å². The lowest BCUT2D eigenvalue weighted by Crippen LogP contribution is -2.20. The molecule has 0 fully saturated rings. The van der Waals surface area contributed by atoms with Gasteiger partial charge in [0.05, 0.1) is 0 Å². The molecule has 5 nitrogen and oxygen atoms in total. The maximum Gasteiger partial charge on any atom is 0.262 e. The van der Waals surface area contributed by atoms with Crippen LogP contribution in [-0.4, -0.2) is 18.4 Å². The molecule has 0 aromatic heterocycles. The normalized spacial score (nSPS) is 10.1. The number of nitrogens with one attached hydrogen (secondary N) is 1. The van der Waals surface area contributed by atoms with E-state index < -0.39 is 5.91 Å². The number of carbonyl (C=O) groups excluding carboxylic acids is 2. The van der Waals surface area contributed by atoms with E-state index in [1.807, 2.05) is 32.0 Å². The van der Waals surface area contributed by atoms with Gasteiger partial charge in [-0.2, -0.15) is 0 Å². The second-order valence-electron chi connectivity index (χ2n) is 5.03. The summed E-state index contributed by atoms with van der Waals surface area (Å²) in [7, 11) is 0. The minimum Gasteiger partial charge on any atom is -0.484 e. The van der Waals surface area contributed by atoms with Gasteiger partial charge in [-0.3, -0.25) is 9.59 Å². The van der Waals surface area contributed by atoms with Gasteiger partial charge >= 0.3 is 0 Å². The second-order valence-corrected chi connectivity index (χ2v) is 5.03. The lowest BCUT2D eigenvalue weighted by atomic mass is 10.1. The Kier molecular flexibility index (Phi) is 4.78. The summed E-state index contributed by atoms with van der Waals surface area (Å²) in [6.45, 7) is 3.89. The Labute approximate surface area is 129 Å². The zero-order valence-electron chi connectivity index (χ0n) is 12.6. The number of anilines is 1. The molecule has 0 aliphatic rings. The number of hydrogen-bond acceptors (Lipinski definition) is 3. The molecule has 2 aromatic rings. The predicted molar refractivity (Wildman–Crippen MR) is 85.0 cm³/mol. The van der Waals surface area contributed by atoms with Crippen LogP contribution in [0, 0.1) is 13.8 Å². The van der Waals surface area contributed by atoms with Gasteiger partial charge in [-0.1, -0.05) is 12.1 Å². The first-order chi connectivity index (χ1) is 10.5. The lowest BCUT2D eigenvalue weighted by Gasteiger charge is -2.09. The summed E-state index contributed by atoms with van der Waals surface area (Å²) in [6.07, 6.45) is 0. The van der Waals surface area contributed by atoms with E-state index in [4.69, 9.17) is 10.5 Å². The molecule has 3 N–H and O–H groups in total. The Morgan fingerprint density at radius 1 is 1.09 bits per heavy atom. The molecule has 0 unspecified atom stereocenters. The molecule has 0 bridgehead atoms. The van der Waals surface area contributed by atoms with Crippen molar-refractivity contribution in [3.05, 3.63) is 59.2 Å². The van der Waals surface area contributed by atoms with Crippen LogP contribution in [0.3, 0.4) is 0 Å². The van der Waals surface area contributed by atoms with Crippen LogP contribution in [0.5, 0.6) is 5.75 Å². The smallest absolute Gasteiger partial charge is 0.262 e. The van der Waals surface area contributed by atoms with Crippen LogP contribution in [-0.2, 0) is 4.79 Å². The molecule has 0 heterocycles. The Balaban J connectivity index is 1.94. The highest BCUT2D eigenvalue weighted by Crippen LogP contribution is 2.16. The van der Waals surface area contributed by atoms with Crippen molar-refractivity contribution < 1.29 is 14.3 Å². The number of nitrogens with two attached hydrogens (primary N) is 1. The number of benzene rings is 2. The molecule has 0 aliphatic carbocycles. The first-order valence-electron chi connectivity index (χ1n) is 6.85. The van der Waals surface area contributed by atoms with Crippen molar-refractivity contribution >= 4 is 17.5 Å². The van der Waals surface area contributed by atoms with Crippen molar-refractivity contribution in [2.45, 2.75) is 13.8 Å². The molecular formula is C17H18N2O3. The molecule has 0 atom stereocenters. The van der Waals surface area contributed by atoms with Gasteiger partial charge in [0.1, 0.15) is 5.75 Å². The van der Waals surface area contributed by atoms with Crippen molar-refractivity contribution in [3.63, 3.8) is 0 Å². The second kappa shape index (κ2) is 6.76. The van der Waals surface area contributed by atoms with Crippen molar-refractivity contribution in [2.24, 2.45) is 5.73 Å². The molecule has 0 radical (unpaired) electrons. The molecule has 2 aromatic carbocycles. The highest BCUT2D eigenvalue weighted by atomic mass is 16.5. The third-order valence-electron chi connectivity index (χ3n) is 3.28. The zero-order chi connectivity index (χ0) is 16.1. The Morgan fingerprint density at radius 3 is 2.55 bits per heavy atom. The molecule has 22 heavy (non-hydrogen) atoms. The van der Waals surface area contributed by atoms with Crippen molar-refractivity contribution in [2.75, 3.05) is 11.9 Å². The molecule has 2 rings (SSSR count). The molecule has 0 saturated carbocycles. The van der Waals surface area contributed by atoms with Gasteiger partial charge in [0.15, 0.2) is 6.61 Å². The quantitative estimate of drug-likeness (QED) is 0.889. The van der Waals surface area contributed by atoms with Gasteiger partial charge in [0.25, 0.3) is 5.91 Å². The van der Waals surface area contributed by atoms with E-state index >= 15 is 0 Å². The first kappa shape index (κ1) is 15.6. The van der Waals surface area contributed by atoms with E-state index in [1.165, 1.54) is 11.6 Å². The summed E-state index contributed by atoms with van der Waals surface area (Å²) in [5.41, 5.74) is 8.31. The predicted octanol–water partition coefficient (Wildman–Crippen LogP) is 2.42. The van der Waals surface area contributed by atoms with E-state index in [0.717, 1.165) is 5.56 Å². The third-order valence-corrected chi connectivity index (χ3v) is 3.28. The number of carbonyl (C=O) groups is 2. The number of primary amides is 1. The number of aryl methyl sites for hydroxylation is 2. The van der Waals surface area contributed by atoms with Crippen LogP contribution in [0.15, 0.2) is 42.5 Å². The summed E-state index contributed by atoms with van der Waals surface area (Å²) < 4.78 is 5.45. The van der Waals surface area contributed by atoms with Crippen molar-refractivity contribution in [1.82, 2.24) is 0 Å².